The van der Waals surface area contributed by atoms with Gasteiger partial charge in [0.1, 0.15) is 11.8 Å². The number of amides is 2. The molecule has 0 radical (unpaired) electrons. The zero-order chi connectivity index (χ0) is 21.3. The van der Waals surface area contributed by atoms with Crippen LogP contribution in [0, 0.1) is 20.8 Å². The molecule has 1 aliphatic heterocycles. The molecule has 1 aromatic carbocycles. The fourth-order valence-corrected chi connectivity index (χ4v) is 3.86. The van der Waals surface area contributed by atoms with Crippen molar-refractivity contribution < 1.29 is 14.1 Å². The average molecular weight is 407 g/mol. The Bertz CT molecular complexity index is 1070. The lowest BCUT2D eigenvalue weighted by Gasteiger charge is -2.34. The second kappa shape index (κ2) is 8.14. The summed E-state index contributed by atoms with van der Waals surface area (Å²) in [6.07, 6.45) is 2.39. The molecule has 2 amide bonds. The average Bonchev–Trinajstić information content (AvgIpc) is 3.32. The summed E-state index contributed by atoms with van der Waals surface area (Å²) in [5, 5.41) is 11.2. The first kappa shape index (κ1) is 19.9. The van der Waals surface area contributed by atoms with E-state index in [1.165, 1.54) is 0 Å². The van der Waals surface area contributed by atoms with Gasteiger partial charge in [-0.1, -0.05) is 5.16 Å². The zero-order valence-corrected chi connectivity index (χ0v) is 17.4. The molecule has 0 unspecified atom stereocenters. The molecule has 0 bridgehead atoms. The fourth-order valence-electron chi connectivity index (χ4n) is 3.86. The van der Waals surface area contributed by atoms with E-state index in [2.05, 4.69) is 15.6 Å². The second-order valence-corrected chi connectivity index (χ2v) is 7.71. The van der Waals surface area contributed by atoms with Crippen molar-refractivity contribution in [1.82, 2.24) is 19.8 Å². The topological polar surface area (TPSA) is 93.3 Å². The van der Waals surface area contributed by atoms with Crippen LogP contribution in [0.1, 0.15) is 46.9 Å². The highest BCUT2D eigenvalue weighted by Crippen LogP contribution is 2.22. The van der Waals surface area contributed by atoms with E-state index in [4.69, 9.17) is 4.52 Å². The van der Waals surface area contributed by atoms with Crippen LogP contribution in [0.15, 0.2) is 40.9 Å². The molecule has 0 spiro atoms. The molecule has 8 heteroatoms. The minimum atomic E-state index is -0.529. The number of benzene rings is 1. The predicted octanol–water partition coefficient (Wildman–Crippen LogP) is 3.42. The molecule has 0 aliphatic carbocycles. The molecule has 1 N–H and O–H groups in total. The molecule has 1 saturated heterocycles. The molecule has 0 saturated carbocycles. The van der Waals surface area contributed by atoms with Crippen LogP contribution in [0.25, 0.3) is 5.69 Å². The summed E-state index contributed by atoms with van der Waals surface area (Å²) in [6, 6.07) is 10.6. The smallest absolute Gasteiger partial charge is 0.276 e. The van der Waals surface area contributed by atoms with Gasteiger partial charge in [-0.15, -0.1) is 0 Å². The van der Waals surface area contributed by atoms with Crippen LogP contribution in [0.2, 0.25) is 0 Å². The Balaban J connectivity index is 1.47. The maximum absolute atomic E-state index is 13.0. The molecule has 4 rings (SSSR count). The van der Waals surface area contributed by atoms with Gasteiger partial charge in [0.05, 0.1) is 11.4 Å². The summed E-state index contributed by atoms with van der Waals surface area (Å²) in [7, 11) is 0. The van der Waals surface area contributed by atoms with Crippen molar-refractivity contribution in [2.75, 3.05) is 11.9 Å². The normalized spacial score (nSPS) is 16.5. The van der Waals surface area contributed by atoms with Crippen LogP contribution in [0.4, 0.5) is 5.69 Å². The van der Waals surface area contributed by atoms with Gasteiger partial charge in [0.15, 0.2) is 5.69 Å². The van der Waals surface area contributed by atoms with E-state index in [9.17, 15) is 9.59 Å². The summed E-state index contributed by atoms with van der Waals surface area (Å²) in [5.41, 5.74) is 3.84. The van der Waals surface area contributed by atoms with Crippen molar-refractivity contribution in [1.29, 1.82) is 0 Å². The number of likely N-dealkylation sites (tertiary alicyclic amines) is 1. The number of carbonyl (C=O) groups excluding carboxylic acids is 2. The Kier molecular flexibility index (Phi) is 5.39. The SMILES string of the molecule is Cc1cc(C)n(-c2ccc(NC(=O)[C@@H]3CCCCN3C(=O)c3cc(C)on3)cc2)n1. The highest BCUT2D eigenvalue weighted by Gasteiger charge is 2.33. The summed E-state index contributed by atoms with van der Waals surface area (Å²) < 4.78 is 6.88. The monoisotopic (exact) mass is 407 g/mol. The summed E-state index contributed by atoms with van der Waals surface area (Å²) >= 11 is 0. The van der Waals surface area contributed by atoms with Crippen molar-refractivity contribution in [3.05, 3.63) is 59.2 Å². The van der Waals surface area contributed by atoms with E-state index in [-0.39, 0.29) is 17.5 Å². The number of nitrogens with zero attached hydrogens (tertiary/aromatic N) is 4. The molecule has 1 fully saturated rings. The Hall–Kier alpha value is -3.42. The highest BCUT2D eigenvalue weighted by molar-refractivity contribution is 6.00. The number of piperidine rings is 1. The number of hydrogen-bond acceptors (Lipinski definition) is 5. The van der Waals surface area contributed by atoms with Gasteiger partial charge >= 0.3 is 0 Å². The molecule has 3 aromatic rings. The third kappa shape index (κ3) is 3.98. The van der Waals surface area contributed by atoms with E-state index >= 15 is 0 Å². The maximum atomic E-state index is 13.0. The second-order valence-electron chi connectivity index (χ2n) is 7.71. The number of carbonyl (C=O) groups is 2. The van der Waals surface area contributed by atoms with Crippen molar-refractivity contribution in [2.45, 2.75) is 46.1 Å². The highest BCUT2D eigenvalue weighted by atomic mass is 16.5. The first-order chi connectivity index (χ1) is 14.4. The lowest BCUT2D eigenvalue weighted by Crippen LogP contribution is -2.50. The summed E-state index contributed by atoms with van der Waals surface area (Å²) in [6.45, 7) is 6.22. The van der Waals surface area contributed by atoms with Gasteiger partial charge < -0.3 is 14.7 Å². The molecular weight excluding hydrogens is 382 g/mol. The van der Waals surface area contributed by atoms with Gasteiger partial charge in [-0.05, 0) is 70.4 Å². The van der Waals surface area contributed by atoms with Gasteiger partial charge in [-0.3, -0.25) is 9.59 Å². The molecule has 1 atom stereocenters. The lowest BCUT2D eigenvalue weighted by atomic mass is 10.0. The van der Waals surface area contributed by atoms with Gasteiger partial charge in [-0.2, -0.15) is 5.10 Å². The zero-order valence-electron chi connectivity index (χ0n) is 17.4. The van der Waals surface area contributed by atoms with Crippen LogP contribution in [-0.2, 0) is 4.79 Å². The van der Waals surface area contributed by atoms with Gasteiger partial charge in [0.25, 0.3) is 5.91 Å². The van der Waals surface area contributed by atoms with Crippen LogP contribution in [0.5, 0.6) is 0 Å². The molecule has 156 valence electrons. The van der Waals surface area contributed by atoms with Crippen LogP contribution < -0.4 is 5.32 Å². The standard InChI is InChI=1S/C22H25N5O3/c1-14-12-15(2)27(24-14)18-9-7-17(8-10-18)23-21(28)20-6-4-5-11-26(20)22(29)19-13-16(3)30-25-19/h7-10,12-13,20H,4-6,11H2,1-3H3,(H,23,28)/t20-/m0/s1. The number of hydrogen-bond donors (Lipinski definition) is 1. The minimum Gasteiger partial charge on any atom is -0.361 e. The number of aryl methyl sites for hydroxylation is 3. The van der Waals surface area contributed by atoms with Crippen LogP contribution in [0.3, 0.4) is 0 Å². The van der Waals surface area contributed by atoms with Crippen molar-refractivity contribution in [2.24, 2.45) is 0 Å². The summed E-state index contributed by atoms with van der Waals surface area (Å²) in [5.74, 6) is 0.104. The first-order valence-corrected chi connectivity index (χ1v) is 10.1. The van der Waals surface area contributed by atoms with Gasteiger partial charge in [0, 0.05) is 24.0 Å². The van der Waals surface area contributed by atoms with E-state index < -0.39 is 6.04 Å². The molecule has 2 aromatic heterocycles. The minimum absolute atomic E-state index is 0.192. The Morgan fingerprint density at radius 3 is 2.50 bits per heavy atom. The van der Waals surface area contributed by atoms with Crippen LogP contribution in [-0.4, -0.2) is 44.2 Å². The molecule has 30 heavy (non-hydrogen) atoms. The Morgan fingerprint density at radius 2 is 1.87 bits per heavy atom. The van der Waals surface area contributed by atoms with Crippen LogP contribution >= 0.6 is 0 Å². The van der Waals surface area contributed by atoms with E-state index in [0.29, 0.717) is 24.4 Å². The fraction of sp³-hybridized carbons (Fsp3) is 0.364. The number of anilines is 1. The number of aromatic nitrogens is 3. The molecule has 8 nitrogen and oxygen atoms in total. The molecular formula is C22H25N5O3. The van der Waals surface area contributed by atoms with Gasteiger partial charge in [0.2, 0.25) is 5.91 Å². The number of nitrogens with one attached hydrogen (secondary N) is 1. The van der Waals surface area contributed by atoms with E-state index in [0.717, 1.165) is 29.9 Å². The van der Waals surface area contributed by atoms with Crippen molar-refractivity contribution >= 4 is 17.5 Å². The van der Waals surface area contributed by atoms with Gasteiger partial charge in [-0.25, -0.2) is 4.68 Å². The Morgan fingerprint density at radius 1 is 1.10 bits per heavy atom. The lowest BCUT2D eigenvalue weighted by molar-refractivity contribution is -0.121. The largest absolute Gasteiger partial charge is 0.361 e. The van der Waals surface area contributed by atoms with Crippen molar-refractivity contribution in [3.8, 4) is 5.69 Å². The third-order valence-corrected chi connectivity index (χ3v) is 5.30. The third-order valence-electron chi connectivity index (χ3n) is 5.30. The van der Waals surface area contributed by atoms with Crippen molar-refractivity contribution in [3.63, 3.8) is 0 Å². The van der Waals surface area contributed by atoms with E-state index in [1.54, 1.807) is 17.9 Å². The molecule has 1 aliphatic rings. The Labute approximate surface area is 174 Å². The maximum Gasteiger partial charge on any atom is 0.276 e. The first-order valence-electron chi connectivity index (χ1n) is 10.1. The predicted molar refractivity (Wildman–Crippen MR) is 112 cm³/mol. The van der Waals surface area contributed by atoms with E-state index in [1.807, 2.05) is 48.9 Å². The summed E-state index contributed by atoms with van der Waals surface area (Å²) in [4.78, 5) is 27.4. The quantitative estimate of drug-likeness (QED) is 0.715. The number of rotatable bonds is 4. The molecule has 3 heterocycles.